The van der Waals surface area contributed by atoms with Crippen LogP contribution in [0.4, 0.5) is 0 Å². The topological polar surface area (TPSA) is 59.6 Å². The quantitative estimate of drug-likeness (QED) is 0.846. The summed E-state index contributed by atoms with van der Waals surface area (Å²) in [7, 11) is 1.59. The van der Waals surface area contributed by atoms with Gasteiger partial charge in [0.2, 0.25) is 0 Å². The Morgan fingerprint density at radius 3 is 2.83 bits per heavy atom. The Labute approximate surface area is 138 Å². The van der Waals surface area contributed by atoms with Crippen molar-refractivity contribution >= 4 is 5.91 Å². The number of hydrogen-bond acceptors (Lipinski definition) is 4. The second-order valence-electron chi connectivity index (χ2n) is 6.62. The number of rotatable bonds is 6. The van der Waals surface area contributed by atoms with E-state index in [9.17, 15) is 4.79 Å². The van der Waals surface area contributed by atoms with Crippen LogP contribution >= 0.6 is 0 Å². The molecule has 1 aromatic carbocycles. The molecule has 1 saturated heterocycles. The molecule has 0 aliphatic carbocycles. The van der Waals surface area contributed by atoms with Gasteiger partial charge in [0.15, 0.2) is 11.5 Å². The number of methoxy groups -OCH3 is 1. The summed E-state index contributed by atoms with van der Waals surface area (Å²) in [6, 6.07) is 6.01. The number of amides is 1. The summed E-state index contributed by atoms with van der Waals surface area (Å²) in [6.45, 7) is 7.89. The molecule has 23 heavy (non-hydrogen) atoms. The lowest BCUT2D eigenvalue weighted by Crippen LogP contribution is -2.46. The number of hydrogen-bond donors (Lipinski definition) is 2. The Bertz CT molecular complexity index is 531. The molecule has 0 saturated carbocycles. The SMILES string of the molecule is COc1cc(C(=O)NC2CCNC(C)C2)ccc1OCC(C)C. The Morgan fingerprint density at radius 1 is 1.39 bits per heavy atom. The Kier molecular flexibility index (Phi) is 6.28. The average Bonchev–Trinajstić information content (AvgIpc) is 2.52. The van der Waals surface area contributed by atoms with Crippen molar-refractivity contribution < 1.29 is 14.3 Å². The van der Waals surface area contributed by atoms with Crippen molar-refractivity contribution in [2.75, 3.05) is 20.3 Å². The molecule has 2 unspecified atom stereocenters. The maximum absolute atomic E-state index is 12.4. The summed E-state index contributed by atoms with van der Waals surface area (Å²) in [5.41, 5.74) is 0.602. The van der Waals surface area contributed by atoms with Crippen LogP contribution in [0.15, 0.2) is 18.2 Å². The standard InChI is InChI=1S/C18H28N2O3/c1-12(2)11-23-16-6-5-14(10-17(16)22-4)18(21)20-15-7-8-19-13(3)9-15/h5-6,10,12-13,15,19H,7-9,11H2,1-4H3,(H,20,21). The van der Waals surface area contributed by atoms with Crippen molar-refractivity contribution in [2.24, 2.45) is 5.92 Å². The van der Waals surface area contributed by atoms with E-state index in [1.807, 2.05) is 0 Å². The lowest BCUT2D eigenvalue weighted by Gasteiger charge is -2.28. The van der Waals surface area contributed by atoms with Gasteiger partial charge in [-0.2, -0.15) is 0 Å². The summed E-state index contributed by atoms with van der Waals surface area (Å²) in [5, 5.41) is 6.50. The highest BCUT2D eigenvalue weighted by molar-refractivity contribution is 5.95. The van der Waals surface area contributed by atoms with Crippen molar-refractivity contribution in [1.82, 2.24) is 10.6 Å². The first-order valence-electron chi connectivity index (χ1n) is 8.34. The van der Waals surface area contributed by atoms with Crippen LogP contribution in [0.25, 0.3) is 0 Å². The summed E-state index contributed by atoms with van der Waals surface area (Å²) in [5.74, 6) is 1.65. The number of piperidine rings is 1. The van der Waals surface area contributed by atoms with Gasteiger partial charge in [-0.05, 0) is 50.4 Å². The van der Waals surface area contributed by atoms with Crippen LogP contribution in [0.5, 0.6) is 11.5 Å². The summed E-state index contributed by atoms with van der Waals surface area (Å²) in [6.07, 6.45) is 1.92. The molecule has 1 aromatic rings. The normalized spacial score (nSPS) is 21.1. The molecule has 0 radical (unpaired) electrons. The van der Waals surface area contributed by atoms with E-state index in [4.69, 9.17) is 9.47 Å². The molecule has 1 aliphatic rings. The molecule has 2 N–H and O–H groups in total. The molecular weight excluding hydrogens is 292 g/mol. The maximum atomic E-state index is 12.4. The lowest BCUT2D eigenvalue weighted by molar-refractivity contribution is 0.0925. The third-order valence-electron chi connectivity index (χ3n) is 3.96. The molecule has 0 aromatic heterocycles. The number of carbonyl (C=O) groups is 1. The largest absolute Gasteiger partial charge is 0.493 e. The molecule has 1 fully saturated rings. The van der Waals surface area contributed by atoms with Crippen LogP contribution in [0.1, 0.15) is 44.0 Å². The van der Waals surface area contributed by atoms with E-state index in [1.54, 1.807) is 25.3 Å². The number of benzene rings is 1. The van der Waals surface area contributed by atoms with E-state index in [2.05, 4.69) is 31.4 Å². The van der Waals surface area contributed by atoms with Crippen LogP contribution in [-0.2, 0) is 0 Å². The van der Waals surface area contributed by atoms with Crippen molar-refractivity contribution in [3.05, 3.63) is 23.8 Å². The summed E-state index contributed by atoms with van der Waals surface area (Å²) < 4.78 is 11.1. The van der Waals surface area contributed by atoms with Gasteiger partial charge in [0.05, 0.1) is 13.7 Å². The monoisotopic (exact) mass is 320 g/mol. The molecule has 1 amide bonds. The first-order chi connectivity index (χ1) is 11.0. The molecule has 5 heteroatoms. The van der Waals surface area contributed by atoms with E-state index in [1.165, 1.54) is 0 Å². The van der Waals surface area contributed by atoms with Crippen LogP contribution in [0.3, 0.4) is 0 Å². The van der Waals surface area contributed by atoms with Crippen molar-refractivity contribution in [3.8, 4) is 11.5 Å². The first kappa shape index (κ1) is 17.6. The van der Waals surface area contributed by atoms with Gasteiger partial charge in [0.1, 0.15) is 0 Å². The fourth-order valence-corrected chi connectivity index (χ4v) is 2.72. The molecule has 1 heterocycles. The smallest absolute Gasteiger partial charge is 0.251 e. The van der Waals surface area contributed by atoms with Gasteiger partial charge in [-0.25, -0.2) is 0 Å². The van der Waals surface area contributed by atoms with Crippen LogP contribution in [-0.4, -0.2) is 38.3 Å². The summed E-state index contributed by atoms with van der Waals surface area (Å²) in [4.78, 5) is 12.4. The highest BCUT2D eigenvalue weighted by Crippen LogP contribution is 2.28. The van der Waals surface area contributed by atoms with Crippen molar-refractivity contribution in [2.45, 2.75) is 45.7 Å². The van der Waals surface area contributed by atoms with Crippen LogP contribution in [0.2, 0.25) is 0 Å². The average molecular weight is 320 g/mol. The first-order valence-corrected chi connectivity index (χ1v) is 8.34. The Morgan fingerprint density at radius 2 is 2.17 bits per heavy atom. The van der Waals surface area contributed by atoms with E-state index < -0.39 is 0 Å². The molecule has 1 aliphatic heterocycles. The van der Waals surface area contributed by atoms with Crippen LogP contribution in [0, 0.1) is 5.92 Å². The second-order valence-corrected chi connectivity index (χ2v) is 6.62. The third-order valence-corrected chi connectivity index (χ3v) is 3.96. The summed E-state index contributed by atoms with van der Waals surface area (Å²) >= 11 is 0. The van der Waals surface area contributed by atoms with Gasteiger partial charge >= 0.3 is 0 Å². The molecular formula is C18H28N2O3. The Hall–Kier alpha value is -1.75. The number of carbonyl (C=O) groups excluding carboxylic acids is 1. The molecule has 2 rings (SSSR count). The molecule has 128 valence electrons. The minimum Gasteiger partial charge on any atom is -0.493 e. The van der Waals surface area contributed by atoms with E-state index in [-0.39, 0.29) is 11.9 Å². The van der Waals surface area contributed by atoms with Crippen molar-refractivity contribution in [3.63, 3.8) is 0 Å². The zero-order valence-electron chi connectivity index (χ0n) is 14.5. The lowest BCUT2D eigenvalue weighted by atomic mass is 10.0. The highest BCUT2D eigenvalue weighted by atomic mass is 16.5. The minimum atomic E-state index is -0.0576. The van der Waals surface area contributed by atoms with Crippen molar-refractivity contribution in [1.29, 1.82) is 0 Å². The van der Waals surface area contributed by atoms with Gasteiger partial charge in [0, 0.05) is 17.6 Å². The van der Waals surface area contributed by atoms with E-state index >= 15 is 0 Å². The van der Waals surface area contributed by atoms with Gasteiger partial charge in [0.25, 0.3) is 5.91 Å². The zero-order chi connectivity index (χ0) is 16.8. The maximum Gasteiger partial charge on any atom is 0.251 e. The Balaban J connectivity index is 2.02. The minimum absolute atomic E-state index is 0.0576. The fourth-order valence-electron chi connectivity index (χ4n) is 2.72. The fraction of sp³-hybridized carbons (Fsp3) is 0.611. The predicted molar refractivity (Wildman–Crippen MR) is 91.3 cm³/mol. The van der Waals surface area contributed by atoms with Crippen LogP contribution < -0.4 is 20.1 Å². The molecule has 0 bridgehead atoms. The highest BCUT2D eigenvalue weighted by Gasteiger charge is 2.21. The zero-order valence-corrected chi connectivity index (χ0v) is 14.5. The third kappa shape index (κ3) is 5.13. The van der Waals surface area contributed by atoms with E-state index in [0.29, 0.717) is 35.6 Å². The molecule has 5 nitrogen and oxygen atoms in total. The second kappa shape index (κ2) is 8.20. The molecule has 0 spiro atoms. The molecule has 2 atom stereocenters. The number of nitrogens with one attached hydrogen (secondary N) is 2. The van der Waals surface area contributed by atoms with Gasteiger partial charge < -0.3 is 20.1 Å². The number of ether oxygens (including phenoxy) is 2. The van der Waals surface area contributed by atoms with Gasteiger partial charge in [-0.3, -0.25) is 4.79 Å². The van der Waals surface area contributed by atoms with Gasteiger partial charge in [-0.15, -0.1) is 0 Å². The van der Waals surface area contributed by atoms with E-state index in [0.717, 1.165) is 19.4 Å². The predicted octanol–water partition coefficient (Wildman–Crippen LogP) is 2.60. The van der Waals surface area contributed by atoms with Gasteiger partial charge in [-0.1, -0.05) is 13.8 Å².